The van der Waals surface area contributed by atoms with Gasteiger partial charge in [0.05, 0.1) is 6.42 Å². The second-order valence-electron chi connectivity index (χ2n) is 5.78. The summed E-state index contributed by atoms with van der Waals surface area (Å²) in [5.41, 5.74) is 0.0709. The van der Waals surface area contributed by atoms with Gasteiger partial charge in [0.1, 0.15) is 0 Å². The van der Waals surface area contributed by atoms with Crippen molar-refractivity contribution in [1.29, 1.82) is 0 Å². The molecule has 0 bridgehead atoms. The largest absolute Gasteiger partial charge is 0.481 e. The van der Waals surface area contributed by atoms with Crippen molar-refractivity contribution in [2.24, 2.45) is 5.41 Å². The standard InChI is InChI=1S/C13H23NO2.ClH/c1-14(11-5-6-11)10-13(9-12(15)16)7-3-2-4-8-13;/h11H,2-10H2,1H3,(H,15,16);1H. The molecule has 0 amide bonds. The smallest absolute Gasteiger partial charge is 0.303 e. The minimum absolute atomic E-state index is 0. The number of carbonyl (C=O) groups is 1. The Hall–Kier alpha value is -0.280. The number of carboxylic acids is 1. The van der Waals surface area contributed by atoms with Crippen LogP contribution < -0.4 is 0 Å². The van der Waals surface area contributed by atoms with E-state index in [9.17, 15) is 4.79 Å². The summed E-state index contributed by atoms with van der Waals surface area (Å²) in [7, 11) is 2.16. The van der Waals surface area contributed by atoms with E-state index in [-0.39, 0.29) is 17.8 Å². The SMILES string of the molecule is CN(CC1(CC(=O)O)CCCCC1)C1CC1.Cl. The Morgan fingerprint density at radius 2 is 1.88 bits per heavy atom. The zero-order chi connectivity index (χ0) is 11.6. The molecule has 0 aromatic carbocycles. The van der Waals surface area contributed by atoms with Crippen LogP contribution in [0.15, 0.2) is 0 Å². The van der Waals surface area contributed by atoms with E-state index in [1.54, 1.807) is 0 Å². The number of hydrogen-bond acceptors (Lipinski definition) is 2. The van der Waals surface area contributed by atoms with Gasteiger partial charge >= 0.3 is 5.97 Å². The molecular formula is C13H24ClNO2. The summed E-state index contributed by atoms with van der Waals surface area (Å²) in [6.07, 6.45) is 8.90. The molecule has 17 heavy (non-hydrogen) atoms. The highest BCUT2D eigenvalue weighted by atomic mass is 35.5. The number of aliphatic carboxylic acids is 1. The van der Waals surface area contributed by atoms with Crippen LogP contribution in [0.25, 0.3) is 0 Å². The van der Waals surface area contributed by atoms with E-state index in [0.29, 0.717) is 6.42 Å². The summed E-state index contributed by atoms with van der Waals surface area (Å²) < 4.78 is 0. The first-order valence-electron chi connectivity index (χ1n) is 6.53. The Balaban J connectivity index is 0.00000144. The fourth-order valence-electron chi connectivity index (χ4n) is 3.19. The molecule has 0 radical (unpaired) electrons. The summed E-state index contributed by atoms with van der Waals surface area (Å²) in [5.74, 6) is -0.619. The maximum Gasteiger partial charge on any atom is 0.303 e. The molecule has 0 aromatic rings. The van der Waals surface area contributed by atoms with Gasteiger partial charge in [0.25, 0.3) is 0 Å². The molecule has 2 fully saturated rings. The number of rotatable bonds is 5. The van der Waals surface area contributed by atoms with Crippen LogP contribution in [0.4, 0.5) is 0 Å². The van der Waals surface area contributed by atoms with E-state index in [1.165, 1.54) is 32.1 Å². The van der Waals surface area contributed by atoms with Crippen LogP contribution in [-0.2, 0) is 4.79 Å². The molecule has 0 atom stereocenters. The molecule has 4 heteroatoms. The van der Waals surface area contributed by atoms with Gasteiger partial charge in [0.15, 0.2) is 0 Å². The third-order valence-corrected chi connectivity index (χ3v) is 4.20. The summed E-state index contributed by atoms with van der Waals surface area (Å²) >= 11 is 0. The molecule has 0 saturated heterocycles. The van der Waals surface area contributed by atoms with Crippen molar-refractivity contribution >= 4 is 18.4 Å². The molecule has 2 aliphatic rings. The lowest BCUT2D eigenvalue weighted by Gasteiger charge is -2.39. The zero-order valence-electron chi connectivity index (χ0n) is 10.7. The number of carboxylic acid groups (broad SMARTS) is 1. The lowest BCUT2D eigenvalue weighted by molar-refractivity contribution is -0.140. The van der Waals surface area contributed by atoms with Gasteiger partial charge in [0.2, 0.25) is 0 Å². The van der Waals surface area contributed by atoms with Gasteiger partial charge in [-0.1, -0.05) is 19.3 Å². The van der Waals surface area contributed by atoms with E-state index in [1.807, 2.05) is 0 Å². The maximum atomic E-state index is 11.0. The quantitative estimate of drug-likeness (QED) is 0.827. The van der Waals surface area contributed by atoms with Crippen LogP contribution in [0, 0.1) is 5.41 Å². The average Bonchev–Trinajstić information content (AvgIpc) is 3.00. The molecule has 2 rings (SSSR count). The molecule has 0 aliphatic heterocycles. The topological polar surface area (TPSA) is 40.5 Å². The summed E-state index contributed by atoms with van der Waals surface area (Å²) in [6, 6.07) is 0.743. The monoisotopic (exact) mass is 261 g/mol. The van der Waals surface area contributed by atoms with Crippen molar-refractivity contribution in [2.45, 2.75) is 57.4 Å². The van der Waals surface area contributed by atoms with Crippen molar-refractivity contribution in [3.63, 3.8) is 0 Å². The molecule has 2 aliphatic carbocycles. The summed E-state index contributed by atoms with van der Waals surface area (Å²) in [6.45, 7) is 0.990. The Labute approximate surface area is 110 Å². The predicted octanol–water partition coefficient (Wildman–Crippen LogP) is 2.93. The van der Waals surface area contributed by atoms with E-state index < -0.39 is 5.97 Å². The third kappa shape index (κ3) is 4.14. The van der Waals surface area contributed by atoms with Crippen molar-refractivity contribution in [1.82, 2.24) is 4.90 Å². The Morgan fingerprint density at radius 3 is 2.35 bits per heavy atom. The van der Waals surface area contributed by atoms with Crippen molar-refractivity contribution < 1.29 is 9.90 Å². The minimum Gasteiger partial charge on any atom is -0.481 e. The predicted molar refractivity (Wildman–Crippen MR) is 70.7 cm³/mol. The van der Waals surface area contributed by atoms with Gasteiger partial charge in [0, 0.05) is 12.6 Å². The second kappa shape index (κ2) is 6.05. The number of nitrogens with zero attached hydrogens (tertiary/aromatic N) is 1. The lowest BCUT2D eigenvalue weighted by atomic mass is 9.71. The maximum absolute atomic E-state index is 11.0. The lowest BCUT2D eigenvalue weighted by Crippen LogP contribution is -2.39. The van der Waals surface area contributed by atoms with Gasteiger partial charge in [-0.15, -0.1) is 12.4 Å². The van der Waals surface area contributed by atoms with Crippen LogP contribution in [0.3, 0.4) is 0 Å². The van der Waals surface area contributed by atoms with Crippen LogP contribution in [0.1, 0.15) is 51.4 Å². The molecule has 0 unspecified atom stereocenters. The summed E-state index contributed by atoms with van der Waals surface area (Å²) in [5, 5.41) is 9.08. The fourth-order valence-corrected chi connectivity index (χ4v) is 3.19. The zero-order valence-corrected chi connectivity index (χ0v) is 11.5. The first-order chi connectivity index (χ1) is 7.61. The average molecular weight is 262 g/mol. The van der Waals surface area contributed by atoms with Crippen molar-refractivity contribution in [3.05, 3.63) is 0 Å². The van der Waals surface area contributed by atoms with Crippen molar-refractivity contribution in [3.8, 4) is 0 Å². The first-order valence-corrected chi connectivity index (χ1v) is 6.53. The molecule has 100 valence electrons. The molecule has 0 aromatic heterocycles. The van der Waals surface area contributed by atoms with E-state index in [2.05, 4.69) is 11.9 Å². The second-order valence-corrected chi connectivity index (χ2v) is 5.78. The van der Waals surface area contributed by atoms with E-state index in [4.69, 9.17) is 5.11 Å². The van der Waals surface area contributed by atoms with Gasteiger partial charge in [-0.05, 0) is 38.1 Å². The highest BCUT2D eigenvalue weighted by Crippen LogP contribution is 2.41. The van der Waals surface area contributed by atoms with Crippen LogP contribution in [-0.4, -0.2) is 35.6 Å². The molecule has 1 N–H and O–H groups in total. The van der Waals surface area contributed by atoms with Gasteiger partial charge in [-0.25, -0.2) is 0 Å². The highest BCUT2D eigenvalue weighted by molar-refractivity contribution is 5.85. The van der Waals surface area contributed by atoms with Crippen LogP contribution in [0.5, 0.6) is 0 Å². The normalized spacial score (nSPS) is 23.2. The number of halogens is 1. The highest BCUT2D eigenvalue weighted by Gasteiger charge is 2.38. The minimum atomic E-state index is -0.619. The first kappa shape index (κ1) is 14.8. The fraction of sp³-hybridized carbons (Fsp3) is 0.923. The number of hydrogen-bond donors (Lipinski definition) is 1. The van der Waals surface area contributed by atoms with Gasteiger partial charge in [-0.3, -0.25) is 4.79 Å². The summed E-state index contributed by atoms with van der Waals surface area (Å²) in [4.78, 5) is 13.4. The Kier molecular flexibility index (Phi) is 5.26. The molecule has 0 spiro atoms. The van der Waals surface area contributed by atoms with Crippen LogP contribution >= 0.6 is 12.4 Å². The third-order valence-electron chi connectivity index (χ3n) is 4.20. The molecular weight excluding hydrogens is 238 g/mol. The van der Waals surface area contributed by atoms with Crippen LogP contribution in [0.2, 0.25) is 0 Å². The van der Waals surface area contributed by atoms with Gasteiger partial charge in [-0.2, -0.15) is 0 Å². The van der Waals surface area contributed by atoms with Crippen molar-refractivity contribution in [2.75, 3.05) is 13.6 Å². The Bertz CT molecular complexity index is 260. The molecule has 0 heterocycles. The molecule has 3 nitrogen and oxygen atoms in total. The van der Waals surface area contributed by atoms with Gasteiger partial charge < -0.3 is 10.0 Å². The Morgan fingerprint density at radius 1 is 1.29 bits per heavy atom. The van der Waals surface area contributed by atoms with E-state index in [0.717, 1.165) is 25.4 Å². The van der Waals surface area contributed by atoms with E-state index >= 15 is 0 Å². The molecule has 2 saturated carbocycles.